The molecule has 1 aliphatic rings. The second kappa shape index (κ2) is 5.34. The third kappa shape index (κ3) is 2.81. The highest BCUT2D eigenvalue weighted by atomic mass is 32.1. The number of rotatable bonds is 3. The van der Waals surface area contributed by atoms with E-state index in [0.29, 0.717) is 6.04 Å². The van der Waals surface area contributed by atoms with Crippen LogP contribution in [0.3, 0.4) is 0 Å². The molecule has 1 aliphatic carbocycles. The topological polar surface area (TPSA) is 38.1 Å². The molecule has 108 valence electrons. The Hall–Kier alpha value is -1.13. The zero-order valence-corrected chi connectivity index (χ0v) is 13.2. The molecule has 3 nitrogen and oxygen atoms in total. The number of aryl methyl sites for hydroxylation is 1. The largest absolute Gasteiger partial charge is 0.469 e. The lowest BCUT2D eigenvalue weighted by atomic mass is 9.93. The van der Waals surface area contributed by atoms with Crippen LogP contribution in [0.2, 0.25) is 0 Å². The van der Waals surface area contributed by atoms with Gasteiger partial charge in [0.15, 0.2) is 0 Å². The van der Waals surface area contributed by atoms with Gasteiger partial charge in [-0.15, -0.1) is 11.3 Å². The van der Waals surface area contributed by atoms with Crippen molar-refractivity contribution in [3.8, 4) is 0 Å². The van der Waals surface area contributed by atoms with Gasteiger partial charge in [-0.25, -0.2) is 4.98 Å². The molecule has 0 spiro atoms. The van der Waals surface area contributed by atoms with Crippen LogP contribution in [0.15, 0.2) is 22.9 Å². The summed E-state index contributed by atoms with van der Waals surface area (Å²) in [7, 11) is 0. The molecule has 0 bridgehead atoms. The van der Waals surface area contributed by atoms with Crippen molar-refractivity contribution in [3.63, 3.8) is 0 Å². The van der Waals surface area contributed by atoms with Crippen molar-refractivity contribution in [2.75, 3.05) is 0 Å². The van der Waals surface area contributed by atoms with E-state index in [1.165, 1.54) is 28.3 Å². The Balaban J connectivity index is 1.65. The monoisotopic (exact) mass is 290 g/mol. The maximum atomic E-state index is 5.54. The molecule has 0 radical (unpaired) electrons. The minimum Gasteiger partial charge on any atom is -0.469 e. The van der Waals surface area contributed by atoms with E-state index in [9.17, 15) is 0 Å². The number of thiazole rings is 1. The molecule has 2 aromatic rings. The van der Waals surface area contributed by atoms with Gasteiger partial charge in [0.2, 0.25) is 0 Å². The molecule has 1 unspecified atom stereocenters. The van der Waals surface area contributed by atoms with Crippen LogP contribution in [0, 0.1) is 0 Å². The van der Waals surface area contributed by atoms with Crippen molar-refractivity contribution in [3.05, 3.63) is 39.7 Å². The summed E-state index contributed by atoms with van der Waals surface area (Å²) in [6, 6.07) is 2.54. The predicted octanol–water partition coefficient (Wildman–Crippen LogP) is 4.20. The molecule has 0 saturated heterocycles. The Morgan fingerprint density at radius 2 is 2.30 bits per heavy atom. The number of fused-ring (bicyclic) bond motifs is 1. The molecule has 1 atom stereocenters. The van der Waals surface area contributed by atoms with Crippen LogP contribution in [0.4, 0.5) is 0 Å². The maximum absolute atomic E-state index is 5.54. The highest BCUT2D eigenvalue weighted by Crippen LogP contribution is 2.31. The lowest BCUT2D eigenvalue weighted by Gasteiger charge is -2.22. The van der Waals surface area contributed by atoms with E-state index >= 15 is 0 Å². The molecule has 0 saturated carbocycles. The number of nitrogens with zero attached hydrogens (tertiary/aromatic N) is 1. The van der Waals surface area contributed by atoms with Gasteiger partial charge in [0.1, 0.15) is 5.76 Å². The highest BCUT2D eigenvalue weighted by molar-refractivity contribution is 7.11. The van der Waals surface area contributed by atoms with Gasteiger partial charge < -0.3 is 9.73 Å². The summed E-state index contributed by atoms with van der Waals surface area (Å²) < 4.78 is 5.54. The van der Waals surface area contributed by atoms with Gasteiger partial charge in [-0.3, -0.25) is 0 Å². The maximum Gasteiger partial charge on any atom is 0.108 e. The van der Waals surface area contributed by atoms with Crippen molar-refractivity contribution in [2.24, 2.45) is 0 Å². The summed E-state index contributed by atoms with van der Waals surface area (Å²) in [6.07, 6.45) is 7.30. The van der Waals surface area contributed by atoms with E-state index in [0.717, 1.165) is 18.7 Å². The molecule has 0 fully saturated rings. The SMILES string of the molecule is CC(C)(C)c1ncc(CNC2CCCc3occc32)s1. The van der Waals surface area contributed by atoms with Gasteiger partial charge in [-0.1, -0.05) is 20.8 Å². The van der Waals surface area contributed by atoms with Crippen molar-refractivity contribution in [2.45, 2.75) is 58.0 Å². The molecule has 0 aromatic carbocycles. The summed E-state index contributed by atoms with van der Waals surface area (Å²) in [6.45, 7) is 7.52. The van der Waals surface area contributed by atoms with Gasteiger partial charge in [0.25, 0.3) is 0 Å². The standard InChI is InChI=1S/C16H22N2OS/c1-16(2,3)15-18-10-11(20-15)9-17-13-5-4-6-14-12(13)7-8-19-14/h7-8,10,13,17H,4-6,9H2,1-3H3. The van der Waals surface area contributed by atoms with E-state index in [2.05, 4.69) is 37.1 Å². The first-order valence-corrected chi connectivity index (χ1v) is 8.10. The molecule has 2 aromatic heterocycles. The van der Waals surface area contributed by atoms with Crippen LogP contribution < -0.4 is 5.32 Å². The molecule has 0 amide bonds. The van der Waals surface area contributed by atoms with Gasteiger partial charge in [0, 0.05) is 41.1 Å². The third-order valence-electron chi connectivity index (χ3n) is 3.77. The average Bonchev–Trinajstić information content (AvgIpc) is 3.04. The van der Waals surface area contributed by atoms with Gasteiger partial charge in [-0.2, -0.15) is 0 Å². The van der Waals surface area contributed by atoms with E-state index in [4.69, 9.17) is 4.42 Å². The number of aromatic nitrogens is 1. The molecule has 1 N–H and O–H groups in total. The zero-order valence-electron chi connectivity index (χ0n) is 12.4. The number of nitrogens with one attached hydrogen (secondary N) is 1. The van der Waals surface area contributed by atoms with E-state index in [1.807, 2.05) is 23.8 Å². The Labute approximate surface area is 124 Å². The third-order valence-corrected chi connectivity index (χ3v) is 5.19. The van der Waals surface area contributed by atoms with Crippen LogP contribution in [-0.2, 0) is 18.4 Å². The number of hydrogen-bond acceptors (Lipinski definition) is 4. The molecule has 0 aliphatic heterocycles. The average molecular weight is 290 g/mol. The first-order valence-electron chi connectivity index (χ1n) is 7.29. The summed E-state index contributed by atoms with van der Waals surface area (Å²) in [4.78, 5) is 5.86. The number of hydrogen-bond donors (Lipinski definition) is 1. The van der Waals surface area contributed by atoms with Crippen LogP contribution >= 0.6 is 11.3 Å². The second-order valence-corrected chi connectivity index (χ2v) is 7.62. The Morgan fingerprint density at radius 3 is 3.05 bits per heavy atom. The predicted molar refractivity (Wildman–Crippen MR) is 82.0 cm³/mol. The van der Waals surface area contributed by atoms with Crippen molar-refractivity contribution >= 4 is 11.3 Å². The van der Waals surface area contributed by atoms with E-state index in [1.54, 1.807) is 0 Å². The quantitative estimate of drug-likeness (QED) is 0.920. The minimum absolute atomic E-state index is 0.144. The molecule has 2 heterocycles. The van der Waals surface area contributed by atoms with Crippen LogP contribution in [0.25, 0.3) is 0 Å². The summed E-state index contributed by atoms with van der Waals surface area (Å²) in [5.74, 6) is 1.16. The molecular weight excluding hydrogens is 268 g/mol. The van der Waals surface area contributed by atoms with Gasteiger partial charge >= 0.3 is 0 Å². The lowest BCUT2D eigenvalue weighted by Crippen LogP contribution is -2.23. The van der Waals surface area contributed by atoms with E-state index < -0.39 is 0 Å². The number of furan rings is 1. The first kappa shape index (κ1) is 13.8. The second-order valence-electron chi connectivity index (χ2n) is 6.51. The Kier molecular flexibility index (Phi) is 3.69. The van der Waals surface area contributed by atoms with Gasteiger partial charge in [-0.05, 0) is 18.9 Å². The van der Waals surface area contributed by atoms with Crippen molar-refractivity contribution in [1.82, 2.24) is 10.3 Å². The van der Waals surface area contributed by atoms with Crippen LogP contribution in [-0.4, -0.2) is 4.98 Å². The fourth-order valence-electron chi connectivity index (χ4n) is 2.66. The smallest absolute Gasteiger partial charge is 0.108 e. The molecule has 4 heteroatoms. The Bertz CT molecular complexity index is 579. The van der Waals surface area contributed by atoms with Crippen LogP contribution in [0.1, 0.15) is 60.9 Å². The van der Waals surface area contributed by atoms with Gasteiger partial charge in [0.05, 0.1) is 11.3 Å². The normalized spacial score (nSPS) is 19.1. The Morgan fingerprint density at radius 1 is 1.45 bits per heavy atom. The highest BCUT2D eigenvalue weighted by Gasteiger charge is 2.23. The molecule has 20 heavy (non-hydrogen) atoms. The summed E-state index contributed by atoms with van der Waals surface area (Å²) >= 11 is 1.81. The summed E-state index contributed by atoms with van der Waals surface area (Å²) in [5, 5.41) is 4.87. The van der Waals surface area contributed by atoms with Crippen molar-refractivity contribution in [1.29, 1.82) is 0 Å². The molecular formula is C16H22N2OS. The summed E-state index contributed by atoms with van der Waals surface area (Å²) in [5.41, 5.74) is 1.49. The fraction of sp³-hybridized carbons (Fsp3) is 0.562. The van der Waals surface area contributed by atoms with E-state index in [-0.39, 0.29) is 5.41 Å². The lowest BCUT2D eigenvalue weighted by molar-refractivity contribution is 0.411. The molecule has 3 rings (SSSR count). The minimum atomic E-state index is 0.144. The van der Waals surface area contributed by atoms with Crippen LogP contribution in [0.5, 0.6) is 0 Å². The first-order chi connectivity index (χ1) is 9.54. The fourth-order valence-corrected chi connectivity index (χ4v) is 3.58. The van der Waals surface area contributed by atoms with Crippen molar-refractivity contribution < 1.29 is 4.42 Å². The zero-order chi connectivity index (χ0) is 14.2.